The van der Waals surface area contributed by atoms with Crippen molar-refractivity contribution in [1.82, 2.24) is 3.97 Å². The molecule has 0 unspecified atom stereocenters. The quantitative estimate of drug-likeness (QED) is 0.560. The van der Waals surface area contributed by atoms with Crippen LogP contribution in [0.25, 0.3) is 0 Å². The average molecular weight is 144 g/mol. The van der Waals surface area contributed by atoms with E-state index < -0.39 is 10.0 Å². The highest BCUT2D eigenvalue weighted by Gasteiger charge is 1.99. The van der Waals surface area contributed by atoms with E-state index in [2.05, 4.69) is 6.07 Å². The molecule has 4 heteroatoms. The minimum Gasteiger partial charge on any atom is -0.253 e. The van der Waals surface area contributed by atoms with Gasteiger partial charge in [-0.25, -0.2) is 8.42 Å². The Morgan fingerprint density at radius 1 is 1.56 bits per heavy atom. The van der Waals surface area contributed by atoms with E-state index in [-0.39, 0.29) is 0 Å². The highest BCUT2D eigenvalue weighted by Crippen LogP contribution is 1.92. The van der Waals surface area contributed by atoms with E-state index in [0.29, 0.717) is 0 Å². The summed E-state index contributed by atoms with van der Waals surface area (Å²) < 4.78 is 22.4. The molecule has 0 saturated carbocycles. The second-order valence-corrected chi connectivity index (χ2v) is 3.59. The monoisotopic (exact) mass is 144 g/mol. The summed E-state index contributed by atoms with van der Waals surface area (Å²) in [7, 11) is -3.07. The van der Waals surface area contributed by atoms with Crippen molar-refractivity contribution in [3.8, 4) is 0 Å². The Labute approximate surface area is 54.0 Å². The molecular weight excluding hydrogens is 138 g/mol. The van der Waals surface area contributed by atoms with Crippen LogP contribution in [0.15, 0.2) is 18.5 Å². The van der Waals surface area contributed by atoms with Crippen molar-refractivity contribution in [2.24, 2.45) is 0 Å². The minimum atomic E-state index is -3.07. The summed E-state index contributed by atoms with van der Waals surface area (Å²) in [6.07, 6.45) is 3.95. The molecule has 0 amide bonds. The van der Waals surface area contributed by atoms with Crippen LogP contribution >= 0.6 is 0 Å². The molecule has 1 radical (unpaired) electrons. The van der Waals surface area contributed by atoms with Crippen LogP contribution in [0, 0.1) is 6.07 Å². The SMILES string of the molecule is CS(=O)(=O)n1c[c]cc1. The lowest BCUT2D eigenvalue weighted by Gasteiger charge is -1.94. The van der Waals surface area contributed by atoms with E-state index in [4.69, 9.17) is 0 Å². The fourth-order valence-electron chi connectivity index (χ4n) is 0.482. The van der Waals surface area contributed by atoms with Crippen LogP contribution in [0.2, 0.25) is 0 Å². The van der Waals surface area contributed by atoms with Crippen LogP contribution in [0.5, 0.6) is 0 Å². The fourth-order valence-corrected chi connectivity index (χ4v) is 1.02. The first-order chi connectivity index (χ1) is 4.11. The molecule has 1 aromatic heterocycles. The Balaban J connectivity index is 3.20. The van der Waals surface area contributed by atoms with Crippen LogP contribution in [0.4, 0.5) is 0 Å². The molecule has 0 atom stereocenters. The molecule has 9 heavy (non-hydrogen) atoms. The van der Waals surface area contributed by atoms with Gasteiger partial charge in [0.2, 0.25) is 10.0 Å². The molecule has 0 aliphatic carbocycles. The molecule has 3 nitrogen and oxygen atoms in total. The van der Waals surface area contributed by atoms with E-state index >= 15 is 0 Å². The van der Waals surface area contributed by atoms with Crippen LogP contribution in [-0.2, 0) is 10.0 Å². The smallest absolute Gasteiger partial charge is 0.235 e. The van der Waals surface area contributed by atoms with E-state index in [1.807, 2.05) is 0 Å². The summed E-state index contributed by atoms with van der Waals surface area (Å²) in [5, 5.41) is 0. The Morgan fingerprint density at radius 3 is 2.44 bits per heavy atom. The Bertz CT molecular complexity index is 272. The van der Waals surface area contributed by atoms with Gasteiger partial charge in [-0.05, 0) is 6.07 Å². The highest BCUT2D eigenvalue weighted by atomic mass is 32.2. The van der Waals surface area contributed by atoms with Gasteiger partial charge in [-0.15, -0.1) is 0 Å². The van der Waals surface area contributed by atoms with Gasteiger partial charge in [0.05, 0.1) is 6.26 Å². The van der Waals surface area contributed by atoms with Crippen molar-refractivity contribution in [2.75, 3.05) is 6.26 Å². The van der Waals surface area contributed by atoms with Gasteiger partial charge >= 0.3 is 0 Å². The standard InChI is InChI=1S/C5H6NO2S/c1-9(7,8)6-4-2-3-5-6/h2,4-5H,1H3. The van der Waals surface area contributed by atoms with Crippen molar-refractivity contribution in [3.63, 3.8) is 0 Å². The largest absolute Gasteiger partial charge is 0.253 e. The summed E-state index contributed by atoms with van der Waals surface area (Å²) in [5.41, 5.74) is 0. The second-order valence-electron chi connectivity index (χ2n) is 1.70. The third kappa shape index (κ3) is 1.32. The summed E-state index contributed by atoms with van der Waals surface area (Å²) >= 11 is 0. The van der Waals surface area contributed by atoms with Crippen molar-refractivity contribution >= 4 is 10.0 Å². The van der Waals surface area contributed by atoms with Gasteiger partial charge in [0.15, 0.2) is 0 Å². The Morgan fingerprint density at radius 2 is 2.22 bits per heavy atom. The number of nitrogens with zero attached hydrogens (tertiary/aromatic N) is 1. The molecule has 0 aliphatic rings. The molecule has 1 heterocycles. The highest BCUT2D eigenvalue weighted by molar-refractivity contribution is 7.89. The van der Waals surface area contributed by atoms with Crippen molar-refractivity contribution in [1.29, 1.82) is 0 Å². The predicted octanol–water partition coefficient (Wildman–Crippen LogP) is 0.0960. The predicted molar refractivity (Wildman–Crippen MR) is 33.5 cm³/mol. The van der Waals surface area contributed by atoms with E-state index in [9.17, 15) is 8.42 Å². The Hall–Kier alpha value is -0.770. The van der Waals surface area contributed by atoms with Gasteiger partial charge in [-0.3, -0.25) is 3.97 Å². The second kappa shape index (κ2) is 1.88. The molecule has 1 aromatic rings. The van der Waals surface area contributed by atoms with Crippen LogP contribution in [-0.4, -0.2) is 18.6 Å². The topological polar surface area (TPSA) is 39.1 Å². The first kappa shape index (κ1) is 6.35. The maximum Gasteiger partial charge on any atom is 0.235 e. The molecule has 49 valence electrons. The zero-order valence-electron chi connectivity index (χ0n) is 4.90. The number of rotatable bonds is 1. The minimum absolute atomic E-state index is 1.10. The molecule has 0 aromatic carbocycles. The third-order valence-corrected chi connectivity index (χ3v) is 1.90. The lowest BCUT2D eigenvalue weighted by molar-refractivity contribution is 0.593. The number of hydrogen-bond donors (Lipinski definition) is 0. The molecule has 0 aliphatic heterocycles. The zero-order valence-corrected chi connectivity index (χ0v) is 5.72. The molecule has 0 spiro atoms. The maximum atomic E-state index is 10.6. The van der Waals surface area contributed by atoms with Gasteiger partial charge in [-0.1, -0.05) is 0 Å². The first-order valence-corrected chi connectivity index (χ1v) is 4.20. The lowest BCUT2D eigenvalue weighted by Crippen LogP contribution is -2.06. The van der Waals surface area contributed by atoms with E-state index in [1.54, 1.807) is 6.07 Å². The number of hydrogen-bond acceptors (Lipinski definition) is 2. The van der Waals surface area contributed by atoms with Gasteiger partial charge in [0.1, 0.15) is 0 Å². The molecular formula is C5H6NO2S. The molecule has 0 bridgehead atoms. The van der Waals surface area contributed by atoms with Crippen molar-refractivity contribution in [2.45, 2.75) is 0 Å². The summed E-state index contributed by atoms with van der Waals surface area (Å²) in [6.45, 7) is 0. The molecule has 0 N–H and O–H groups in total. The molecule has 0 fully saturated rings. The Kier molecular flexibility index (Phi) is 1.32. The van der Waals surface area contributed by atoms with Gasteiger partial charge in [0, 0.05) is 18.5 Å². The van der Waals surface area contributed by atoms with Gasteiger partial charge in [0.25, 0.3) is 0 Å². The van der Waals surface area contributed by atoms with Gasteiger partial charge < -0.3 is 0 Å². The van der Waals surface area contributed by atoms with E-state index in [0.717, 1.165) is 10.2 Å². The average Bonchev–Trinajstić information content (AvgIpc) is 2.08. The summed E-state index contributed by atoms with van der Waals surface area (Å²) in [5.74, 6) is 0. The first-order valence-electron chi connectivity index (χ1n) is 2.35. The van der Waals surface area contributed by atoms with Crippen LogP contribution in [0.3, 0.4) is 0 Å². The lowest BCUT2D eigenvalue weighted by atomic mass is 10.7. The zero-order chi connectivity index (χ0) is 6.91. The normalized spacial score (nSPS) is 11.7. The summed E-state index contributed by atoms with van der Waals surface area (Å²) in [4.78, 5) is 0. The third-order valence-electron chi connectivity index (χ3n) is 0.902. The maximum absolute atomic E-state index is 10.6. The molecule has 1 rings (SSSR count). The molecule has 0 saturated heterocycles. The van der Waals surface area contributed by atoms with Crippen LogP contribution in [0.1, 0.15) is 0 Å². The van der Waals surface area contributed by atoms with Gasteiger partial charge in [-0.2, -0.15) is 0 Å². The fraction of sp³-hybridized carbons (Fsp3) is 0.200. The van der Waals surface area contributed by atoms with Crippen molar-refractivity contribution < 1.29 is 8.42 Å². The number of aromatic nitrogens is 1. The van der Waals surface area contributed by atoms with Crippen LogP contribution < -0.4 is 0 Å². The van der Waals surface area contributed by atoms with Crippen molar-refractivity contribution in [3.05, 3.63) is 24.5 Å². The van der Waals surface area contributed by atoms with E-state index in [1.165, 1.54) is 12.4 Å². The summed E-state index contributed by atoms with van der Waals surface area (Å²) in [6, 6.07) is 4.16.